The molecule has 5 nitrogen and oxygen atoms in total. The largest absolute Gasteiger partial charge is 0.445 e. The molecule has 2 aromatic rings. The highest BCUT2D eigenvalue weighted by Gasteiger charge is 2.25. The van der Waals surface area contributed by atoms with Crippen molar-refractivity contribution >= 4 is 12.0 Å². The smallest absolute Gasteiger partial charge is 0.408 e. The van der Waals surface area contributed by atoms with E-state index in [1.165, 1.54) is 0 Å². The molecule has 142 valence electrons. The molecule has 0 bridgehead atoms. The molecule has 2 aromatic carbocycles. The van der Waals surface area contributed by atoms with Crippen LogP contribution in [0.15, 0.2) is 60.7 Å². The number of carbonyl (C=O) groups excluding carboxylic acids is 2. The average molecular weight is 366 g/mol. The number of amides is 2. The Morgan fingerprint density at radius 1 is 0.926 bits per heavy atom. The van der Waals surface area contributed by atoms with Gasteiger partial charge in [0, 0.05) is 12.5 Å². The van der Waals surface area contributed by atoms with Crippen molar-refractivity contribution in [3.63, 3.8) is 0 Å². The topological polar surface area (TPSA) is 67.4 Å². The van der Waals surface area contributed by atoms with E-state index in [2.05, 4.69) is 10.6 Å². The summed E-state index contributed by atoms with van der Waals surface area (Å²) < 4.78 is 5.29. The van der Waals surface area contributed by atoms with Crippen molar-refractivity contribution in [1.82, 2.24) is 10.6 Å². The fraction of sp³-hybridized carbons (Fsp3) is 0.364. The Balaban J connectivity index is 1.59. The number of benzene rings is 2. The first kappa shape index (κ1) is 19.0. The molecular weight excluding hydrogens is 340 g/mol. The lowest BCUT2D eigenvalue weighted by molar-refractivity contribution is -0.123. The van der Waals surface area contributed by atoms with Gasteiger partial charge in [0.2, 0.25) is 5.91 Å². The van der Waals surface area contributed by atoms with Crippen LogP contribution in [0.2, 0.25) is 0 Å². The second-order valence-corrected chi connectivity index (χ2v) is 6.94. The maximum Gasteiger partial charge on any atom is 0.408 e. The van der Waals surface area contributed by atoms with E-state index in [9.17, 15) is 9.59 Å². The van der Waals surface area contributed by atoms with Crippen LogP contribution in [0.1, 0.15) is 36.8 Å². The number of nitrogens with one attached hydrogen (secondary N) is 2. The highest BCUT2D eigenvalue weighted by Crippen LogP contribution is 2.18. The minimum absolute atomic E-state index is 0.151. The van der Waals surface area contributed by atoms with Crippen molar-refractivity contribution in [3.05, 3.63) is 71.8 Å². The molecule has 0 spiro atoms. The van der Waals surface area contributed by atoms with E-state index in [4.69, 9.17) is 4.74 Å². The molecule has 2 N–H and O–H groups in total. The fourth-order valence-corrected chi connectivity index (χ4v) is 3.34. The van der Waals surface area contributed by atoms with Crippen LogP contribution in [-0.2, 0) is 22.6 Å². The molecule has 3 rings (SSSR count). The molecule has 5 heteroatoms. The van der Waals surface area contributed by atoms with Gasteiger partial charge in [-0.25, -0.2) is 4.79 Å². The fourth-order valence-electron chi connectivity index (χ4n) is 3.34. The molecule has 2 amide bonds. The van der Waals surface area contributed by atoms with E-state index in [1.807, 2.05) is 60.7 Å². The summed E-state index contributed by atoms with van der Waals surface area (Å²) in [5, 5.41) is 5.81. The van der Waals surface area contributed by atoms with Crippen LogP contribution in [0.4, 0.5) is 4.79 Å². The highest BCUT2D eigenvalue weighted by atomic mass is 16.5. The summed E-state index contributed by atoms with van der Waals surface area (Å²) >= 11 is 0. The first-order chi connectivity index (χ1) is 13.2. The standard InChI is InChI=1S/C22H26N2O3/c25-21(23-19-13-7-8-14-19)20(15-17-9-3-1-4-10-17)24-22(26)27-16-18-11-5-2-6-12-18/h1-6,9-12,19-20H,7-8,13-16H2,(H,23,25)(H,24,26)/t20-/m0/s1. The molecule has 1 fully saturated rings. The van der Waals surface area contributed by atoms with Crippen LogP contribution < -0.4 is 10.6 Å². The number of rotatable bonds is 7. The van der Waals surface area contributed by atoms with Gasteiger partial charge in [0.15, 0.2) is 0 Å². The van der Waals surface area contributed by atoms with Crippen molar-refractivity contribution in [2.75, 3.05) is 0 Å². The zero-order valence-electron chi connectivity index (χ0n) is 15.4. The third kappa shape index (κ3) is 6.13. The Labute approximate surface area is 160 Å². The molecule has 0 saturated heterocycles. The molecule has 0 radical (unpaired) electrons. The summed E-state index contributed by atoms with van der Waals surface area (Å²) in [4.78, 5) is 25.0. The second-order valence-electron chi connectivity index (χ2n) is 6.94. The van der Waals surface area contributed by atoms with Crippen molar-refractivity contribution in [2.45, 2.75) is 50.8 Å². The van der Waals surface area contributed by atoms with E-state index >= 15 is 0 Å². The lowest BCUT2D eigenvalue weighted by atomic mass is 10.0. The summed E-state index contributed by atoms with van der Waals surface area (Å²) in [6.45, 7) is 0.176. The van der Waals surface area contributed by atoms with Gasteiger partial charge in [-0.05, 0) is 24.0 Å². The van der Waals surface area contributed by atoms with Crippen LogP contribution in [0, 0.1) is 0 Å². The molecular formula is C22H26N2O3. The van der Waals surface area contributed by atoms with Gasteiger partial charge in [-0.3, -0.25) is 4.79 Å². The van der Waals surface area contributed by atoms with Crippen molar-refractivity contribution < 1.29 is 14.3 Å². The Hall–Kier alpha value is -2.82. The quantitative estimate of drug-likeness (QED) is 0.787. The van der Waals surface area contributed by atoms with E-state index in [0.717, 1.165) is 36.8 Å². The highest BCUT2D eigenvalue weighted by molar-refractivity contribution is 5.86. The van der Waals surface area contributed by atoms with Crippen LogP contribution >= 0.6 is 0 Å². The average Bonchev–Trinajstić information content (AvgIpc) is 3.20. The van der Waals surface area contributed by atoms with Gasteiger partial charge in [0.05, 0.1) is 0 Å². The minimum Gasteiger partial charge on any atom is -0.445 e. The Bertz CT molecular complexity index is 728. The summed E-state index contributed by atoms with van der Waals surface area (Å²) in [6.07, 6.45) is 4.13. The maximum atomic E-state index is 12.7. The third-order valence-corrected chi connectivity index (χ3v) is 4.81. The molecule has 27 heavy (non-hydrogen) atoms. The van der Waals surface area contributed by atoms with Crippen molar-refractivity contribution in [3.8, 4) is 0 Å². The first-order valence-electron chi connectivity index (χ1n) is 9.52. The molecule has 0 unspecified atom stereocenters. The number of ether oxygens (including phenoxy) is 1. The third-order valence-electron chi connectivity index (χ3n) is 4.81. The Kier molecular flexibility index (Phi) is 6.85. The zero-order valence-corrected chi connectivity index (χ0v) is 15.4. The van der Waals surface area contributed by atoms with Crippen LogP contribution in [0.3, 0.4) is 0 Å². The van der Waals surface area contributed by atoms with Crippen molar-refractivity contribution in [1.29, 1.82) is 0 Å². The Morgan fingerprint density at radius 3 is 2.15 bits per heavy atom. The summed E-state index contributed by atoms with van der Waals surface area (Å²) in [7, 11) is 0. The van der Waals surface area contributed by atoms with Crippen LogP contribution in [-0.4, -0.2) is 24.1 Å². The Morgan fingerprint density at radius 2 is 1.52 bits per heavy atom. The van der Waals surface area contributed by atoms with Crippen molar-refractivity contribution in [2.24, 2.45) is 0 Å². The van der Waals surface area contributed by atoms with E-state index in [-0.39, 0.29) is 18.6 Å². The number of carbonyl (C=O) groups is 2. The number of hydrogen-bond acceptors (Lipinski definition) is 3. The maximum absolute atomic E-state index is 12.7. The van der Waals surface area contributed by atoms with Gasteiger partial charge >= 0.3 is 6.09 Å². The molecule has 1 aliphatic carbocycles. The van der Waals surface area contributed by atoms with E-state index in [1.54, 1.807) is 0 Å². The monoisotopic (exact) mass is 366 g/mol. The summed E-state index contributed by atoms with van der Waals surface area (Å²) in [5.74, 6) is -0.151. The molecule has 0 heterocycles. The molecule has 0 aliphatic heterocycles. The normalized spacial score (nSPS) is 15.1. The van der Waals surface area contributed by atoms with Gasteiger partial charge in [0.25, 0.3) is 0 Å². The molecule has 1 atom stereocenters. The molecule has 0 aromatic heterocycles. The van der Waals surface area contributed by atoms with Gasteiger partial charge < -0.3 is 15.4 Å². The zero-order chi connectivity index (χ0) is 18.9. The molecule has 1 saturated carbocycles. The number of alkyl carbamates (subject to hydrolysis) is 1. The first-order valence-corrected chi connectivity index (χ1v) is 9.52. The van der Waals surface area contributed by atoms with Gasteiger partial charge in [-0.1, -0.05) is 73.5 Å². The van der Waals surface area contributed by atoms with Crippen LogP contribution in [0.25, 0.3) is 0 Å². The molecule has 1 aliphatic rings. The van der Waals surface area contributed by atoms with E-state index < -0.39 is 12.1 Å². The second kappa shape index (κ2) is 9.76. The predicted molar refractivity (Wildman–Crippen MR) is 104 cm³/mol. The van der Waals surface area contributed by atoms with Gasteiger partial charge in [-0.15, -0.1) is 0 Å². The van der Waals surface area contributed by atoms with E-state index in [0.29, 0.717) is 6.42 Å². The van der Waals surface area contributed by atoms with Crippen LogP contribution in [0.5, 0.6) is 0 Å². The number of hydrogen-bond donors (Lipinski definition) is 2. The summed E-state index contributed by atoms with van der Waals surface area (Å²) in [6, 6.07) is 18.7. The summed E-state index contributed by atoms with van der Waals surface area (Å²) in [5.41, 5.74) is 1.90. The lowest BCUT2D eigenvalue weighted by Gasteiger charge is -2.21. The van der Waals surface area contributed by atoms with Gasteiger partial charge in [0.1, 0.15) is 12.6 Å². The minimum atomic E-state index is -0.656. The lowest BCUT2D eigenvalue weighted by Crippen LogP contribution is -2.50. The predicted octanol–water partition coefficient (Wildman–Crippen LogP) is 3.58. The van der Waals surface area contributed by atoms with Gasteiger partial charge in [-0.2, -0.15) is 0 Å². The SMILES string of the molecule is O=C(N[C@@H](Cc1ccccc1)C(=O)NC1CCCC1)OCc1ccccc1.